The first-order valence-electron chi connectivity index (χ1n) is 8.60. The SMILES string of the molecule is C/C(=N\Oc1ncc([N+](=O)[O-])c(O/N=C(\C)c2ccccc2)n1)c1ccccc1. The summed E-state index contributed by atoms with van der Waals surface area (Å²) in [6.45, 7) is 3.47. The molecule has 9 heteroatoms. The lowest BCUT2D eigenvalue weighted by atomic mass is 10.1. The Bertz CT molecular complexity index is 1050. The first kappa shape index (κ1) is 19.6. The van der Waals surface area contributed by atoms with Crippen LogP contribution in [-0.2, 0) is 0 Å². The highest BCUT2D eigenvalue weighted by molar-refractivity contribution is 5.98. The van der Waals surface area contributed by atoms with Gasteiger partial charge in [-0.05, 0) is 25.0 Å². The Morgan fingerprint density at radius 1 is 0.897 bits per heavy atom. The first-order valence-corrected chi connectivity index (χ1v) is 8.60. The van der Waals surface area contributed by atoms with Crippen LogP contribution in [0.1, 0.15) is 25.0 Å². The van der Waals surface area contributed by atoms with Gasteiger partial charge in [0.2, 0.25) is 0 Å². The van der Waals surface area contributed by atoms with E-state index in [-0.39, 0.29) is 11.9 Å². The van der Waals surface area contributed by atoms with E-state index in [9.17, 15) is 10.1 Å². The van der Waals surface area contributed by atoms with Gasteiger partial charge in [-0.15, -0.1) is 4.98 Å². The molecule has 0 atom stereocenters. The van der Waals surface area contributed by atoms with Gasteiger partial charge in [-0.25, -0.2) is 0 Å². The number of aromatic nitrogens is 2. The third kappa shape index (κ3) is 5.19. The standard InChI is InChI=1S/C20H17N5O4/c1-14(16-9-5-3-6-10-16)23-28-19-18(25(26)27)13-21-20(22-19)29-24-15(2)17-11-7-4-8-12-17/h3-13H,1-2H3/b23-14+,24-15+. The van der Waals surface area contributed by atoms with Gasteiger partial charge in [0, 0.05) is 0 Å². The fourth-order valence-corrected chi connectivity index (χ4v) is 2.27. The number of nitrogens with zero attached hydrogens (tertiary/aromatic N) is 5. The largest absolute Gasteiger partial charge is 0.352 e. The number of hydrogen-bond acceptors (Lipinski definition) is 8. The van der Waals surface area contributed by atoms with Gasteiger partial charge in [0.25, 0.3) is 0 Å². The molecule has 0 aliphatic carbocycles. The Morgan fingerprint density at radius 2 is 1.41 bits per heavy atom. The van der Waals surface area contributed by atoms with Crippen molar-refractivity contribution in [3.63, 3.8) is 0 Å². The summed E-state index contributed by atoms with van der Waals surface area (Å²) in [6, 6.07) is 18.4. The molecule has 3 aromatic rings. The lowest BCUT2D eigenvalue weighted by Crippen LogP contribution is -2.04. The molecule has 0 saturated carbocycles. The summed E-state index contributed by atoms with van der Waals surface area (Å²) in [5.74, 6) is -0.345. The lowest BCUT2D eigenvalue weighted by molar-refractivity contribution is -0.386. The minimum absolute atomic E-state index is 0.201. The van der Waals surface area contributed by atoms with Crippen molar-refractivity contribution in [2.75, 3.05) is 0 Å². The van der Waals surface area contributed by atoms with Gasteiger partial charge in [-0.1, -0.05) is 71.0 Å². The molecule has 1 heterocycles. The Hall–Kier alpha value is -4.14. The van der Waals surface area contributed by atoms with Gasteiger partial charge < -0.3 is 9.68 Å². The quantitative estimate of drug-likeness (QED) is 0.342. The highest BCUT2D eigenvalue weighted by atomic mass is 16.7. The van der Waals surface area contributed by atoms with Gasteiger partial charge in [0.1, 0.15) is 6.20 Å². The van der Waals surface area contributed by atoms with Crippen LogP contribution in [0.3, 0.4) is 0 Å². The third-order valence-corrected chi connectivity index (χ3v) is 3.83. The smallest absolute Gasteiger partial charge is 0.328 e. The van der Waals surface area contributed by atoms with Gasteiger partial charge in [0.05, 0.1) is 16.3 Å². The summed E-state index contributed by atoms with van der Waals surface area (Å²) in [5, 5.41) is 19.1. The zero-order valence-corrected chi connectivity index (χ0v) is 15.7. The average Bonchev–Trinajstić information content (AvgIpc) is 2.76. The van der Waals surface area contributed by atoms with Crippen LogP contribution in [-0.4, -0.2) is 26.3 Å². The molecule has 0 aliphatic heterocycles. The predicted molar refractivity (Wildman–Crippen MR) is 107 cm³/mol. The molecule has 146 valence electrons. The summed E-state index contributed by atoms with van der Waals surface area (Å²) in [4.78, 5) is 28.7. The molecule has 0 unspecified atom stereocenters. The van der Waals surface area contributed by atoms with E-state index >= 15 is 0 Å². The summed E-state index contributed by atoms with van der Waals surface area (Å²) in [5.41, 5.74) is 2.34. The molecule has 29 heavy (non-hydrogen) atoms. The molecule has 0 aliphatic rings. The van der Waals surface area contributed by atoms with Crippen LogP contribution in [0.2, 0.25) is 0 Å². The van der Waals surface area contributed by atoms with E-state index in [0.717, 1.165) is 17.3 Å². The second kappa shape index (κ2) is 9.18. The molecule has 2 aromatic carbocycles. The number of hydrogen-bond donors (Lipinski definition) is 0. The van der Waals surface area contributed by atoms with Gasteiger partial charge in [0.15, 0.2) is 0 Å². The lowest BCUT2D eigenvalue weighted by Gasteiger charge is -2.04. The molecule has 0 spiro atoms. The molecule has 9 nitrogen and oxygen atoms in total. The zero-order valence-electron chi connectivity index (χ0n) is 15.7. The van der Waals surface area contributed by atoms with Gasteiger partial charge in [-0.3, -0.25) is 10.1 Å². The predicted octanol–water partition coefficient (Wildman–Crippen LogP) is 3.99. The number of benzene rings is 2. The third-order valence-electron chi connectivity index (χ3n) is 3.83. The normalized spacial score (nSPS) is 11.8. The molecule has 0 N–H and O–H groups in total. The molecule has 0 amide bonds. The maximum Gasteiger partial charge on any atom is 0.352 e. The van der Waals surface area contributed by atoms with E-state index in [0.29, 0.717) is 11.4 Å². The molecule has 0 saturated heterocycles. The number of rotatable bonds is 7. The van der Waals surface area contributed by atoms with Crippen LogP contribution in [0.4, 0.5) is 5.69 Å². The van der Waals surface area contributed by atoms with Crippen LogP contribution in [0.25, 0.3) is 0 Å². The van der Waals surface area contributed by atoms with Crippen molar-refractivity contribution >= 4 is 17.1 Å². The molecule has 1 aromatic heterocycles. The van der Waals surface area contributed by atoms with Crippen molar-refractivity contribution in [2.24, 2.45) is 10.3 Å². The molecule has 0 bridgehead atoms. The van der Waals surface area contributed by atoms with E-state index in [1.807, 2.05) is 60.7 Å². The van der Waals surface area contributed by atoms with Crippen molar-refractivity contribution < 1.29 is 14.6 Å². The first-order chi connectivity index (χ1) is 14.0. The minimum Gasteiger partial charge on any atom is -0.328 e. The highest BCUT2D eigenvalue weighted by Crippen LogP contribution is 2.25. The minimum atomic E-state index is -0.662. The maximum atomic E-state index is 11.2. The maximum absolute atomic E-state index is 11.2. The summed E-state index contributed by atoms with van der Waals surface area (Å²) < 4.78 is 0. The van der Waals surface area contributed by atoms with Crippen molar-refractivity contribution in [1.29, 1.82) is 0 Å². The van der Waals surface area contributed by atoms with Crippen molar-refractivity contribution in [3.8, 4) is 11.9 Å². The topological polar surface area (TPSA) is 112 Å². The number of nitro groups is 1. The van der Waals surface area contributed by atoms with Crippen molar-refractivity contribution in [3.05, 3.63) is 88.1 Å². The molecular weight excluding hydrogens is 374 g/mol. The molecular formula is C20H17N5O4. The second-order valence-corrected chi connectivity index (χ2v) is 5.87. The fourth-order valence-electron chi connectivity index (χ4n) is 2.27. The monoisotopic (exact) mass is 391 g/mol. The van der Waals surface area contributed by atoms with Gasteiger partial charge in [-0.2, -0.15) is 4.98 Å². The van der Waals surface area contributed by atoms with Crippen molar-refractivity contribution in [2.45, 2.75) is 13.8 Å². The van der Waals surface area contributed by atoms with E-state index in [4.69, 9.17) is 9.68 Å². The van der Waals surface area contributed by atoms with E-state index in [2.05, 4.69) is 20.3 Å². The average molecular weight is 391 g/mol. The van der Waals surface area contributed by atoms with E-state index in [1.54, 1.807) is 13.8 Å². The molecule has 3 rings (SSSR count). The Kier molecular flexibility index (Phi) is 6.21. The summed E-state index contributed by atoms with van der Waals surface area (Å²) >= 11 is 0. The van der Waals surface area contributed by atoms with Crippen LogP contribution < -0.4 is 9.68 Å². The van der Waals surface area contributed by atoms with Crippen molar-refractivity contribution in [1.82, 2.24) is 9.97 Å². The second-order valence-electron chi connectivity index (χ2n) is 5.87. The Morgan fingerprint density at radius 3 is 1.93 bits per heavy atom. The fraction of sp³-hybridized carbons (Fsp3) is 0.100. The van der Waals surface area contributed by atoms with E-state index in [1.165, 1.54) is 0 Å². The van der Waals surface area contributed by atoms with Crippen LogP contribution in [0, 0.1) is 10.1 Å². The van der Waals surface area contributed by atoms with E-state index < -0.39 is 10.6 Å². The van der Waals surface area contributed by atoms with Crippen LogP contribution in [0.5, 0.6) is 11.9 Å². The molecule has 0 radical (unpaired) electrons. The summed E-state index contributed by atoms with van der Waals surface area (Å²) in [6.07, 6.45) is 0.985. The highest BCUT2D eigenvalue weighted by Gasteiger charge is 2.20. The Balaban J connectivity index is 1.82. The van der Waals surface area contributed by atoms with Crippen LogP contribution in [0.15, 0.2) is 77.2 Å². The van der Waals surface area contributed by atoms with Gasteiger partial charge >= 0.3 is 17.6 Å². The summed E-state index contributed by atoms with van der Waals surface area (Å²) in [7, 11) is 0. The Labute approximate surface area is 166 Å². The van der Waals surface area contributed by atoms with Crippen LogP contribution >= 0.6 is 0 Å². The molecule has 0 fully saturated rings. The zero-order chi connectivity index (χ0) is 20.6. The number of oxime groups is 2.